The fraction of sp³-hybridized carbons (Fsp3) is 0.417. The van der Waals surface area contributed by atoms with Gasteiger partial charge in [-0.25, -0.2) is 10.9 Å². The van der Waals surface area contributed by atoms with Crippen LogP contribution in [0.25, 0.3) is 0 Å². The molecule has 1 atom stereocenters. The smallest absolute Gasteiger partial charge is 0.232 e. The molecule has 0 saturated heterocycles. The zero-order chi connectivity index (χ0) is 10.8. The first-order valence-electron chi connectivity index (χ1n) is 5.29. The van der Waals surface area contributed by atoms with Crippen LogP contribution in [0.5, 0.6) is 0 Å². The third-order valence-electron chi connectivity index (χ3n) is 2.85. The predicted octanol–water partition coefficient (Wildman–Crippen LogP) is 2.18. The van der Waals surface area contributed by atoms with Gasteiger partial charge in [0.05, 0.1) is 12.3 Å². The minimum atomic E-state index is -0.0354. The maximum atomic E-state index is 11.8. The topological polar surface area (TPSA) is 20.3 Å². The number of benzene rings is 1. The van der Waals surface area contributed by atoms with Gasteiger partial charge in [-0.15, -0.1) is 0 Å². The molecule has 1 amide bonds. The van der Waals surface area contributed by atoms with Crippen molar-refractivity contribution in [1.82, 2.24) is 0 Å². The molecule has 0 aromatic heterocycles. The van der Waals surface area contributed by atoms with Crippen LogP contribution in [-0.2, 0) is 11.2 Å². The Labute approximate surface area is 93.6 Å². The highest BCUT2D eigenvalue weighted by atomic mass is 32.2. The van der Waals surface area contributed by atoms with E-state index in [1.165, 1.54) is 11.3 Å². The number of carbonyl (C=O) groups excluding carboxylic acids is 1. The van der Waals surface area contributed by atoms with Gasteiger partial charge in [-0.2, -0.15) is 0 Å². The third kappa shape index (κ3) is 2.02. The molecular formula is C12H17NOS. The lowest BCUT2D eigenvalue weighted by Crippen LogP contribution is -2.27. The van der Waals surface area contributed by atoms with Gasteiger partial charge in [-0.3, -0.25) is 4.79 Å². The highest BCUT2D eigenvalue weighted by molar-refractivity contribution is 8.16. The average Bonchev–Trinajstić information content (AvgIpc) is 2.55. The molecule has 0 aliphatic carbocycles. The number of nitrogens with zero attached hydrogens (tertiary/aromatic N) is 1. The Morgan fingerprint density at radius 3 is 2.87 bits per heavy atom. The summed E-state index contributed by atoms with van der Waals surface area (Å²) in [5, 5.41) is 0. The zero-order valence-electron chi connectivity index (χ0n) is 9.23. The van der Waals surface area contributed by atoms with E-state index in [1.807, 2.05) is 17.0 Å². The summed E-state index contributed by atoms with van der Waals surface area (Å²) >= 11 is 0. The summed E-state index contributed by atoms with van der Waals surface area (Å²) < 4.78 is 0. The van der Waals surface area contributed by atoms with E-state index in [1.54, 1.807) is 0 Å². The molecule has 3 heteroatoms. The molecule has 2 nitrogen and oxygen atoms in total. The first-order chi connectivity index (χ1) is 7.22. The van der Waals surface area contributed by atoms with Gasteiger partial charge in [-0.05, 0) is 23.6 Å². The van der Waals surface area contributed by atoms with Crippen molar-refractivity contribution in [3.05, 3.63) is 29.8 Å². The highest BCUT2D eigenvalue weighted by Gasteiger charge is 2.26. The minimum Gasteiger partial charge on any atom is -0.304 e. The number of fused-ring (bicyclic) bond motifs is 1. The SMILES string of the molecule is CC[SH](C)CN1C(=O)Cc2ccccc21. The number of carbonyl (C=O) groups is 1. The molecule has 1 aromatic carbocycles. The van der Waals surface area contributed by atoms with Crippen LogP contribution in [0, 0.1) is 0 Å². The highest BCUT2D eigenvalue weighted by Crippen LogP contribution is 2.32. The molecule has 0 spiro atoms. The van der Waals surface area contributed by atoms with Crippen molar-refractivity contribution in [2.45, 2.75) is 13.3 Å². The molecule has 1 heterocycles. The first kappa shape index (κ1) is 10.6. The van der Waals surface area contributed by atoms with Gasteiger partial charge in [0.25, 0.3) is 0 Å². The van der Waals surface area contributed by atoms with Crippen molar-refractivity contribution in [2.24, 2.45) is 0 Å². The molecule has 82 valence electrons. The Bertz CT molecular complexity index is 378. The summed E-state index contributed by atoms with van der Waals surface area (Å²) in [6, 6.07) is 8.12. The van der Waals surface area contributed by atoms with E-state index in [0.29, 0.717) is 6.42 Å². The Balaban J connectivity index is 2.22. The average molecular weight is 223 g/mol. The summed E-state index contributed by atoms with van der Waals surface area (Å²) in [6.07, 6.45) is 2.84. The van der Waals surface area contributed by atoms with Gasteiger partial charge in [0.15, 0.2) is 0 Å². The molecule has 1 aliphatic rings. The van der Waals surface area contributed by atoms with E-state index >= 15 is 0 Å². The summed E-state index contributed by atoms with van der Waals surface area (Å²) in [5.74, 6) is 2.36. The van der Waals surface area contributed by atoms with Crippen LogP contribution < -0.4 is 4.90 Å². The van der Waals surface area contributed by atoms with Crippen molar-refractivity contribution >= 4 is 22.5 Å². The van der Waals surface area contributed by atoms with Crippen LogP contribution >= 0.6 is 10.9 Å². The molecule has 2 rings (SSSR count). The Morgan fingerprint density at radius 2 is 2.13 bits per heavy atom. The van der Waals surface area contributed by atoms with Gasteiger partial charge in [0, 0.05) is 5.69 Å². The summed E-state index contributed by atoms with van der Waals surface area (Å²) in [7, 11) is -0.0354. The van der Waals surface area contributed by atoms with E-state index in [9.17, 15) is 4.79 Å². The number of anilines is 1. The summed E-state index contributed by atoms with van der Waals surface area (Å²) in [5.41, 5.74) is 2.31. The van der Waals surface area contributed by atoms with Crippen molar-refractivity contribution < 1.29 is 4.79 Å². The van der Waals surface area contributed by atoms with E-state index < -0.39 is 0 Å². The number of thiol groups is 1. The van der Waals surface area contributed by atoms with E-state index in [2.05, 4.69) is 25.3 Å². The monoisotopic (exact) mass is 223 g/mol. The molecule has 0 N–H and O–H groups in total. The second kappa shape index (κ2) is 4.27. The first-order valence-corrected chi connectivity index (χ1v) is 7.45. The fourth-order valence-electron chi connectivity index (χ4n) is 1.81. The maximum Gasteiger partial charge on any atom is 0.232 e. The lowest BCUT2D eigenvalue weighted by Gasteiger charge is -2.23. The van der Waals surface area contributed by atoms with Gasteiger partial charge in [0.1, 0.15) is 0 Å². The number of amides is 1. The summed E-state index contributed by atoms with van der Waals surface area (Å²) in [4.78, 5) is 13.8. The molecule has 15 heavy (non-hydrogen) atoms. The Morgan fingerprint density at radius 1 is 1.40 bits per heavy atom. The Kier molecular flexibility index (Phi) is 3.00. The predicted molar refractivity (Wildman–Crippen MR) is 68.0 cm³/mol. The standard InChI is InChI=1S/C12H17NOS/c1-3-15(2)9-13-11-7-5-4-6-10(11)8-12(13)14/h4-7,15H,3,8-9H2,1-2H3. The van der Waals surface area contributed by atoms with E-state index in [-0.39, 0.29) is 16.8 Å². The normalized spacial score (nSPS) is 17.9. The number of hydrogen-bond donors (Lipinski definition) is 1. The Hall–Kier alpha value is -0.960. The van der Waals surface area contributed by atoms with Crippen molar-refractivity contribution in [2.75, 3.05) is 22.8 Å². The van der Waals surface area contributed by atoms with Crippen LogP contribution in [-0.4, -0.2) is 23.8 Å². The lowest BCUT2D eigenvalue weighted by molar-refractivity contribution is -0.117. The summed E-state index contributed by atoms with van der Waals surface area (Å²) in [6.45, 7) is 2.19. The number of para-hydroxylation sites is 1. The van der Waals surface area contributed by atoms with E-state index in [4.69, 9.17) is 0 Å². The largest absolute Gasteiger partial charge is 0.304 e. The molecule has 1 unspecified atom stereocenters. The van der Waals surface area contributed by atoms with Crippen LogP contribution in [0.2, 0.25) is 0 Å². The van der Waals surface area contributed by atoms with Gasteiger partial charge < -0.3 is 4.90 Å². The van der Waals surface area contributed by atoms with Gasteiger partial charge in [0.2, 0.25) is 5.91 Å². The van der Waals surface area contributed by atoms with Crippen molar-refractivity contribution in [3.8, 4) is 0 Å². The second-order valence-corrected chi connectivity index (χ2v) is 6.57. The lowest BCUT2D eigenvalue weighted by atomic mass is 10.2. The zero-order valence-corrected chi connectivity index (χ0v) is 10.1. The van der Waals surface area contributed by atoms with Crippen LogP contribution in [0.15, 0.2) is 24.3 Å². The van der Waals surface area contributed by atoms with Gasteiger partial charge >= 0.3 is 0 Å². The third-order valence-corrected chi connectivity index (χ3v) is 4.69. The van der Waals surface area contributed by atoms with Crippen LogP contribution in [0.1, 0.15) is 12.5 Å². The maximum absolute atomic E-state index is 11.8. The quantitative estimate of drug-likeness (QED) is 0.779. The molecule has 1 aliphatic heterocycles. The molecule has 0 saturated carbocycles. The fourth-order valence-corrected chi connectivity index (χ4v) is 2.81. The molecule has 1 aromatic rings. The van der Waals surface area contributed by atoms with Crippen molar-refractivity contribution in [3.63, 3.8) is 0 Å². The van der Waals surface area contributed by atoms with Gasteiger partial charge in [-0.1, -0.05) is 25.1 Å². The molecule has 0 fully saturated rings. The minimum absolute atomic E-state index is 0.0354. The molecular weight excluding hydrogens is 206 g/mol. The van der Waals surface area contributed by atoms with Crippen LogP contribution in [0.4, 0.5) is 5.69 Å². The van der Waals surface area contributed by atoms with Crippen LogP contribution in [0.3, 0.4) is 0 Å². The molecule has 0 radical (unpaired) electrons. The number of hydrogen-bond acceptors (Lipinski definition) is 1. The van der Waals surface area contributed by atoms with E-state index in [0.717, 1.165) is 11.6 Å². The number of rotatable bonds is 3. The second-order valence-electron chi connectivity index (χ2n) is 3.94. The molecule has 0 bridgehead atoms. The van der Waals surface area contributed by atoms with Crippen molar-refractivity contribution in [1.29, 1.82) is 0 Å².